The molecule has 4 rings (SSSR count). The zero-order valence-electron chi connectivity index (χ0n) is 15.4. The second-order valence-corrected chi connectivity index (χ2v) is 7.50. The first-order valence-corrected chi connectivity index (χ1v) is 9.73. The lowest BCUT2D eigenvalue weighted by Crippen LogP contribution is -2.24. The summed E-state index contributed by atoms with van der Waals surface area (Å²) in [7, 11) is 0. The number of fused-ring (bicyclic) bond motifs is 1. The van der Waals surface area contributed by atoms with Crippen LogP contribution in [0.3, 0.4) is 0 Å². The number of aryl methyl sites for hydroxylation is 2. The Labute approximate surface area is 159 Å². The number of carboxylic acids is 1. The van der Waals surface area contributed by atoms with Gasteiger partial charge in [-0.1, -0.05) is 6.07 Å². The lowest BCUT2D eigenvalue weighted by atomic mass is 9.79. The van der Waals surface area contributed by atoms with E-state index in [1.807, 2.05) is 4.90 Å². The van der Waals surface area contributed by atoms with Crippen molar-refractivity contribution in [2.45, 2.75) is 50.9 Å². The number of amides is 1. The van der Waals surface area contributed by atoms with Crippen LogP contribution in [0.1, 0.15) is 65.1 Å². The van der Waals surface area contributed by atoms with Crippen molar-refractivity contribution in [1.82, 2.24) is 4.98 Å². The van der Waals surface area contributed by atoms with Gasteiger partial charge in [0.05, 0.1) is 5.56 Å². The van der Waals surface area contributed by atoms with Crippen molar-refractivity contribution in [3.8, 4) is 0 Å². The Morgan fingerprint density at radius 3 is 2.89 bits per heavy atom. The summed E-state index contributed by atoms with van der Waals surface area (Å²) in [5.41, 5.74) is 4.88. The van der Waals surface area contributed by atoms with Gasteiger partial charge in [-0.3, -0.25) is 9.78 Å². The summed E-state index contributed by atoms with van der Waals surface area (Å²) in [6, 6.07) is 8.03. The van der Waals surface area contributed by atoms with Crippen molar-refractivity contribution >= 4 is 17.6 Å². The maximum Gasteiger partial charge on any atom is 0.336 e. The SMILES string of the molecule is O=C(O)c1ccncc1CC[C@@H]1CCCc2cc(N3CCCC3=O)ccc21. The molecule has 2 aliphatic rings. The first-order chi connectivity index (χ1) is 13.1. The Hall–Kier alpha value is -2.69. The van der Waals surface area contributed by atoms with E-state index in [9.17, 15) is 14.7 Å². The van der Waals surface area contributed by atoms with Gasteiger partial charge < -0.3 is 10.0 Å². The number of rotatable bonds is 5. The molecule has 1 saturated heterocycles. The third-order valence-electron chi connectivity index (χ3n) is 5.85. The van der Waals surface area contributed by atoms with E-state index in [0.29, 0.717) is 24.3 Å². The van der Waals surface area contributed by atoms with Crippen molar-refractivity contribution in [3.05, 3.63) is 58.9 Å². The quantitative estimate of drug-likeness (QED) is 0.872. The highest BCUT2D eigenvalue weighted by Gasteiger charge is 2.25. The number of pyridine rings is 1. The van der Waals surface area contributed by atoms with E-state index in [1.165, 1.54) is 17.3 Å². The summed E-state index contributed by atoms with van der Waals surface area (Å²) in [6.07, 6.45) is 9.74. The fraction of sp³-hybridized carbons (Fsp3) is 0.409. The molecule has 5 heteroatoms. The van der Waals surface area contributed by atoms with Crippen LogP contribution in [0.15, 0.2) is 36.7 Å². The topological polar surface area (TPSA) is 70.5 Å². The summed E-state index contributed by atoms with van der Waals surface area (Å²) in [5, 5.41) is 9.36. The Morgan fingerprint density at radius 1 is 1.22 bits per heavy atom. The standard InChI is InChI=1S/C22H24N2O3/c25-21-5-2-12-24(21)18-8-9-19-15(3-1-4-16(19)13-18)6-7-17-14-23-11-10-20(17)22(26)27/h8-11,13-15H,1-7,12H2,(H,26,27)/t15-/m0/s1. The van der Waals surface area contributed by atoms with Gasteiger partial charge in [0, 0.05) is 31.0 Å². The van der Waals surface area contributed by atoms with Crippen LogP contribution >= 0.6 is 0 Å². The number of carbonyl (C=O) groups excluding carboxylic acids is 1. The van der Waals surface area contributed by atoms with Crippen molar-refractivity contribution in [1.29, 1.82) is 0 Å². The number of aromatic carboxylic acids is 1. The van der Waals surface area contributed by atoms with Gasteiger partial charge in [0.15, 0.2) is 0 Å². The molecule has 0 saturated carbocycles. The average Bonchev–Trinajstić information content (AvgIpc) is 3.12. The molecule has 1 aromatic heterocycles. The van der Waals surface area contributed by atoms with Gasteiger partial charge in [0.25, 0.3) is 0 Å². The molecule has 0 spiro atoms. The second kappa shape index (κ2) is 7.51. The summed E-state index contributed by atoms with van der Waals surface area (Å²) in [4.78, 5) is 29.4. The monoisotopic (exact) mass is 364 g/mol. The molecule has 0 unspecified atom stereocenters. The molecule has 1 aliphatic carbocycles. The van der Waals surface area contributed by atoms with Crippen LogP contribution in [0, 0.1) is 0 Å². The number of nitrogens with zero attached hydrogens (tertiary/aromatic N) is 2. The zero-order valence-corrected chi connectivity index (χ0v) is 15.4. The molecule has 2 aromatic rings. The van der Waals surface area contributed by atoms with Crippen LogP contribution in [0.4, 0.5) is 5.69 Å². The minimum Gasteiger partial charge on any atom is -0.478 e. The molecule has 0 radical (unpaired) electrons. The number of aromatic nitrogens is 1. The predicted octanol–water partition coefficient (Wildman–Crippen LogP) is 3.96. The van der Waals surface area contributed by atoms with Crippen LogP contribution < -0.4 is 4.90 Å². The Kier molecular flexibility index (Phi) is 4.92. The Balaban J connectivity index is 1.52. The molecular formula is C22H24N2O3. The highest BCUT2D eigenvalue weighted by Crippen LogP contribution is 2.37. The third kappa shape index (κ3) is 3.59. The van der Waals surface area contributed by atoms with Crippen LogP contribution in [0.2, 0.25) is 0 Å². The molecule has 1 N–H and O–H groups in total. The maximum absolute atomic E-state index is 12.0. The summed E-state index contributed by atoms with van der Waals surface area (Å²) in [6.45, 7) is 0.819. The number of hydrogen-bond donors (Lipinski definition) is 1. The number of benzene rings is 1. The fourth-order valence-electron chi connectivity index (χ4n) is 4.45. The van der Waals surface area contributed by atoms with E-state index in [1.54, 1.807) is 12.3 Å². The smallest absolute Gasteiger partial charge is 0.336 e. The molecule has 1 aromatic carbocycles. The first-order valence-electron chi connectivity index (χ1n) is 9.73. The van der Waals surface area contributed by atoms with E-state index in [4.69, 9.17) is 0 Å². The van der Waals surface area contributed by atoms with E-state index >= 15 is 0 Å². The minimum atomic E-state index is -0.892. The van der Waals surface area contributed by atoms with Gasteiger partial charge in [-0.25, -0.2) is 4.79 Å². The summed E-state index contributed by atoms with van der Waals surface area (Å²) in [5.74, 6) is -0.240. The number of hydrogen-bond acceptors (Lipinski definition) is 3. The van der Waals surface area contributed by atoms with Gasteiger partial charge in [-0.15, -0.1) is 0 Å². The molecule has 140 valence electrons. The van der Waals surface area contributed by atoms with Crippen molar-refractivity contribution in [2.75, 3.05) is 11.4 Å². The summed E-state index contributed by atoms with van der Waals surface area (Å²) >= 11 is 0. The molecule has 1 amide bonds. The first kappa shape index (κ1) is 17.7. The minimum absolute atomic E-state index is 0.222. The predicted molar refractivity (Wildman–Crippen MR) is 103 cm³/mol. The van der Waals surface area contributed by atoms with Crippen molar-refractivity contribution in [3.63, 3.8) is 0 Å². The van der Waals surface area contributed by atoms with E-state index < -0.39 is 5.97 Å². The van der Waals surface area contributed by atoms with E-state index in [-0.39, 0.29) is 5.91 Å². The van der Waals surface area contributed by atoms with Gasteiger partial charge in [0.1, 0.15) is 0 Å². The highest BCUT2D eigenvalue weighted by atomic mass is 16.4. The normalized spacial score (nSPS) is 19.2. The van der Waals surface area contributed by atoms with Crippen molar-refractivity contribution < 1.29 is 14.7 Å². The molecular weight excluding hydrogens is 340 g/mol. The van der Waals surface area contributed by atoms with Crippen LogP contribution in [0.5, 0.6) is 0 Å². The van der Waals surface area contributed by atoms with Gasteiger partial charge in [-0.05, 0) is 79.3 Å². The Bertz CT molecular complexity index is 878. The zero-order chi connectivity index (χ0) is 18.8. The van der Waals surface area contributed by atoms with Gasteiger partial charge in [-0.2, -0.15) is 0 Å². The second-order valence-electron chi connectivity index (χ2n) is 7.50. The lowest BCUT2D eigenvalue weighted by molar-refractivity contribution is -0.117. The largest absolute Gasteiger partial charge is 0.478 e. The molecule has 2 heterocycles. The molecule has 0 bridgehead atoms. The lowest BCUT2D eigenvalue weighted by Gasteiger charge is -2.27. The maximum atomic E-state index is 12.0. The molecule has 1 fully saturated rings. The molecule has 1 atom stereocenters. The number of anilines is 1. The average molecular weight is 364 g/mol. The molecule has 5 nitrogen and oxygen atoms in total. The third-order valence-corrected chi connectivity index (χ3v) is 5.85. The molecule has 27 heavy (non-hydrogen) atoms. The van der Waals surface area contributed by atoms with E-state index in [0.717, 1.165) is 49.9 Å². The van der Waals surface area contributed by atoms with Crippen molar-refractivity contribution in [2.24, 2.45) is 0 Å². The van der Waals surface area contributed by atoms with Gasteiger partial charge in [0.2, 0.25) is 5.91 Å². The van der Waals surface area contributed by atoms with Crippen LogP contribution in [-0.2, 0) is 17.6 Å². The van der Waals surface area contributed by atoms with E-state index in [2.05, 4.69) is 23.2 Å². The number of carbonyl (C=O) groups is 2. The highest BCUT2D eigenvalue weighted by molar-refractivity contribution is 5.95. The number of carboxylic acid groups (broad SMARTS) is 1. The Morgan fingerprint density at radius 2 is 2.11 bits per heavy atom. The van der Waals surface area contributed by atoms with Crippen LogP contribution in [-0.4, -0.2) is 28.5 Å². The van der Waals surface area contributed by atoms with Crippen LogP contribution in [0.25, 0.3) is 0 Å². The molecule has 1 aliphatic heterocycles. The summed E-state index contributed by atoms with van der Waals surface area (Å²) < 4.78 is 0. The fourth-order valence-corrected chi connectivity index (χ4v) is 4.45. The van der Waals surface area contributed by atoms with Gasteiger partial charge >= 0.3 is 5.97 Å².